The Labute approximate surface area is 228 Å². The van der Waals surface area contributed by atoms with Gasteiger partial charge in [-0.05, 0) is 75.1 Å². The number of benzene rings is 3. The summed E-state index contributed by atoms with van der Waals surface area (Å²) >= 11 is 0. The van der Waals surface area contributed by atoms with Crippen LogP contribution < -0.4 is 14.4 Å². The van der Waals surface area contributed by atoms with E-state index in [2.05, 4.69) is 0 Å². The maximum Gasteiger partial charge on any atom is 0.295 e. The van der Waals surface area contributed by atoms with Gasteiger partial charge < -0.3 is 29.3 Å². The van der Waals surface area contributed by atoms with Gasteiger partial charge in [-0.25, -0.2) is 0 Å². The Kier molecular flexibility index (Phi) is 7.56. The first-order chi connectivity index (χ1) is 18.8. The molecule has 1 unspecified atom stereocenters. The topological polar surface area (TPSA) is 82.6 Å². The van der Waals surface area contributed by atoms with Gasteiger partial charge in [-0.15, -0.1) is 0 Å². The van der Waals surface area contributed by atoms with Gasteiger partial charge in [0.2, 0.25) is 0 Å². The number of carbonyl (C=O) groups excluding carboxylic acids is 2. The Morgan fingerprint density at radius 3 is 2.56 bits per heavy atom. The molecule has 3 aromatic carbocycles. The minimum Gasteiger partial charge on any atom is -0.507 e. The third-order valence-electron chi connectivity index (χ3n) is 7.02. The van der Waals surface area contributed by atoms with Crippen LogP contribution >= 0.6 is 0 Å². The first-order valence-corrected chi connectivity index (χ1v) is 13.1. The zero-order valence-corrected chi connectivity index (χ0v) is 22.5. The van der Waals surface area contributed by atoms with Gasteiger partial charge in [0.1, 0.15) is 29.6 Å². The Bertz CT molecular complexity index is 1400. The maximum atomic E-state index is 13.5. The molecule has 0 saturated carbocycles. The van der Waals surface area contributed by atoms with Crippen LogP contribution in [-0.4, -0.2) is 74.0 Å². The summed E-state index contributed by atoms with van der Waals surface area (Å²) < 4.78 is 11.8. The third kappa shape index (κ3) is 5.47. The molecule has 8 nitrogen and oxygen atoms in total. The van der Waals surface area contributed by atoms with Crippen LogP contribution in [0, 0.1) is 0 Å². The van der Waals surface area contributed by atoms with Gasteiger partial charge in [0, 0.05) is 19.2 Å². The fraction of sp³-hybridized carbons (Fsp3) is 0.290. The Hall–Kier alpha value is -4.30. The summed E-state index contributed by atoms with van der Waals surface area (Å²) in [6.07, 6.45) is 0.678. The van der Waals surface area contributed by atoms with E-state index in [9.17, 15) is 14.7 Å². The number of rotatable bonds is 8. The number of hydrogen-bond donors (Lipinski definition) is 1. The average molecular weight is 528 g/mol. The lowest BCUT2D eigenvalue weighted by molar-refractivity contribution is -0.139. The van der Waals surface area contributed by atoms with E-state index >= 15 is 0 Å². The minimum atomic E-state index is -0.753. The SMILES string of the molecule is CN(C)CCCN1C(=O)C(=O)/C(=C(\O)c2ccc3c(c2)N(C)CCO3)C1c1cccc(Oc2ccccc2)c1. The number of aliphatic hydroxyl groups excluding tert-OH is 1. The zero-order chi connectivity index (χ0) is 27.5. The van der Waals surface area contributed by atoms with Crippen LogP contribution in [0.5, 0.6) is 17.2 Å². The number of Topliss-reactive ketones (excluding diaryl/α,β-unsaturated/α-hetero) is 1. The van der Waals surface area contributed by atoms with Gasteiger partial charge >= 0.3 is 0 Å². The zero-order valence-electron chi connectivity index (χ0n) is 22.5. The number of para-hydroxylation sites is 1. The number of likely N-dealkylation sites (tertiary alicyclic amines) is 1. The molecule has 2 aliphatic rings. The highest BCUT2D eigenvalue weighted by molar-refractivity contribution is 6.46. The maximum absolute atomic E-state index is 13.5. The van der Waals surface area contributed by atoms with Crippen molar-refractivity contribution >= 4 is 23.1 Å². The van der Waals surface area contributed by atoms with E-state index in [0.717, 1.165) is 12.2 Å². The van der Waals surface area contributed by atoms with Crippen molar-refractivity contribution in [2.24, 2.45) is 0 Å². The molecule has 2 heterocycles. The second-order valence-electron chi connectivity index (χ2n) is 10.1. The van der Waals surface area contributed by atoms with Crippen LogP contribution in [0.1, 0.15) is 23.6 Å². The summed E-state index contributed by atoms with van der Waals surface area (Å²) in [6, 6.07) is 21.3. The van der Waals surface area contributed by atoms with Crippen molar-refractivity contribution in [2.75, 3.05) is 52.3 Å². The van der Waals surface area contributed by atoms with E-state index < -0.39 is 17.7 Å². The summed E-state index contributed by atoms with van der Waals surface area (Å²) in [5, 5.41) is 11.5. The number of fused-ring (bicyclic) bond motifs is 1. The summed E-state index contributed by atoms with van der Waals surface area (Å²) in [6.45, 7) is 2.41. The molecule has 0 aliphatic carbocycles. The van der Waals surface area contributed by atoms with Crippen molar-refractivity contribution in [2.45, 2.75) is 12.5 Å². The molecule has 1 N–H and O–H groups in total. The van der Waals surface area contributed by atoms with Crippen molar-refractivity contribution in [3.8, 4) is 17.2 Å². The number of nitrogens with zero attached hydrogens (tertiary/aromatic N) is 3. The van der Waals surface area contributed by atoms with Gasteiger partial charge in [-0.1, -0.05) is 30.3 Å². The van der Waals surface area contributed by atoms with Crippen LogP contribution in [0.3, 0.4) is 0 Å². The van der Waals surface area contributed by atoms with Crippen LogP contribution in [0.4, 0.5) is 5.69 Å². The summed E-state index contributed by atoms with van der Waals surface area (Å²) in [7, 11) is 5.88. The summed E-state index contributed by atoms with van der Waals surface area (Å²) in [5.74, 6) is 0.448. The molecule has 5 rings (SSSR count). The Morgan fingerprint density at radius 2 is 1.79 bits per heavy atom. The summed E-state index contributed by atoms with van der Waals surface area (Å²) in [4.78, 5) is 32.4. The van der Waals surface area contributed by atoms with Crippen molar-refractivity contribution in [3.05, 3.63) is 89.5 Å². The molecule has 1 fully saturated rings. The standard InChI is InChI=1S/C31H33N3O5/c1-32(2)15-8-16-34-28(21-9-7-12-24(19-21)39-23-10-5-4-6-11-23)27(30(36)31(34)37)29(35)22-13-14-26-25(20-22)33(3)17-18-38-26/h4-7,9-14,19-20,28,35H,8,15-18H2,1-3H3/b29-27-. The lowest BCUT2D eigenvalue weighted by Gasteiger charge is -2.28. The number of amides is 1. The number of ether oxygens (including phenoxy) is 2. The van der Waals surface area contributed by atoms with Gasteiger partial charge in [-0.2, -0.15) is 0 Å². The van der Waals surface area contributed by atoms with Crippen LogP contribution in [-0.2, 0) is 9.59 Å². The molecule has 1 amide bonds. The number of likely N-dealkylation sites (N-methyl/N-ethyl adjacent to an activating group) is 1. The highest BCUT2D eigenvalue weighted by Gasteiger charge is 2.46. The predicted molar refractivity (Wildman–Crippen MR) is 150 cm³/mol. The monoisotopic (exact) mass is 527 g/mol. The Morgan fingerprint density at radius 1 is 1.03 bits per heavy atom. The van der Waals surface area contributed by atoms with Crippen molar-refractivity contribution in [3.63, 3.8) is 0 Å². The second-order valence-corrected chi connectivity index (χ2v) is 10.1. The largest absolute Gasteiger partial charge is 0.507 e. The van der Waals surface area contributed by atoms with Crippen LogP contribution in [0.2, 0.25) is 0 Å². The first kappa shape index (κ1) is 26.3. The molecule has 0 spiro atoms. The predicted octanol–water partition coefficient (Wildman–Crippen LogP) is 4.68. The Balaban J connectivity index is 1.57. The number of ketones is 1. The molecule has 1 atom stereocenters. The average Bonchev–Trinajstić information content (AvgIpc) is 3.18. The van der Waals surface area contributed by atoms with E-state index in [1.807, 2.05) is 85.5 Å². The van der Waals surface area contributed by atoms with E-state index in [1.165, 1.54) is 0 Å². The third-order valence-corrected chi connectivity index (χ3v) is 7.02. The van der Waals surface area contributed by atoms with Crippen molar-refractivity contribution in [1.82, 2.24) is 9.80 Å². The molecular formula is C31H33N3O5. The molecule has 8 heteroatoms. The van der Waals surface area contributed by atoms with Gasteiger partial charge in [0.05, 0.1) is 23.8 Å². The van der Waals surface area contributed by atoms with E-state index in [0.29, 0.717) is 54.5 Å². The molecule has 202 valence electrons. The summed E-state index contributed by atoms with van der Waals surface area (Å²) in [5.41, 5.74) is 2.04. The highest BCUT2D eigenvalue weighted by atomic mass is 16.5. The molecular weight excluding hydrogens is 494 g/mol. The fourth-order valence-electron chi connectivity index (χ4n) is 5.04. The smallest absolute Gasteiger partial charge is 0.295 e. The highest BCUT2D eigenvalue weighted by Crippen LogP contribution is 2.42. The van der Waals surface area contributed by atoms with Crippen molar-refractivity contribution < 1.29 is 24.2 Å². The first-order valence-electron chi connectivity index (χ1n) is 13.1. The fourth-order valence-corrected chi connectivity index (χ4v) is 5.04. The lowest BCUT2D eigenvalue weighted by Crippen LogP contribution is -2.32. The van der Waals surface area contributed by atoms with Gasteiger partial charge in [0.25, 0.3) is 11.7 Å². The lowest BCUT2D eigenvalue weighted by atomic mass is 9.94. The van der Waals surface area contributed by atoms with E-state index in [-0.39, 0.29) is 11.3 Å². The molecule has 2 aliphatic heterocycles. The molecule has 0 radical (unpaired) electrons. The number of hydrogen-bond acceptors (Lipinski definition) is 7. The van der Waals surface area contributed by atoms with Crippen LogP contribution in [0.25, 0.3) is 5.76 Å². The van der Waals surface area contributed by atoms with Gasteiger partial charge in [-0.3, -0.25) is 9.59 Å². The molecule has 3 aromatic rings. The molecule has 0 bridgehead atoms. The van der Waals surface area contributed by atoms with E-state index in [1.54, 1.807) is 23.1 Å². The van der Waals surface area contributed by atoms with Crippen molar-refractivity contribution in [1.29, 1.82) is 0 Å². The minimum absolute atomic E-state index is 0.0704. The second kappa shape index (κ2) is 11.2. The normalized spacial score (nSPS) is 18.3. The van der Waals surface area contributed by atoms with Crippen LogP contribution in [0.15, 0.2) is 78.4 Å². The quantitative estimate of drug-likeness (QED) is 0.259. The number of aliphatic hydroxyl groups is 1. The number of carbonyl (C=O) groups is 2. The molecule has 1 saturated heterocycles. The van der Waals surface area contributed by atoms with E-state index in [4.69, 9.17) is 9.47 Å². The number of anilines is 1. The molecule has 39 heavy (non-hydrogen) atoms. The van der Waals surface area contributed by atoms with Gasteiger partial charge in [0.15, 0.2) is 0 Å². The molecule has 0 aromatic heterocycles.